The molecular weight excluding hydrogens is 522 g/mol. The third kappa shape index (κ3) is 6.38. The van der Waals surface area contributed by atoms with Crippen LogP contribution in [0.15, 0.2) is 47.5 Å². The first kappa shape index (κ1) is 24.1. The monoisotopic (exact) mass is 548 g/mol. The Bertz CT molecular complexity index is 849. The van der Waals surface area contributed by atoms with E-state index in [2.05, 4.69) is 28.3 Å². The van der Waals surface area contributed by atoms with E-state index in [0.717, 1.165) is 30.1 Å². The molecule has 1 fully saturated rings. The second-order valence-electron chi connectivity index (χ2n) is 7.08. The zero-order chi connectivity index (χ0) is 20.1. The molecule has 158 valence electrons. The third-order valence-electron chi connectivity index (χ3n) is 5.12. The first-order valence-electron chi connectivity index (χ1n) is 9.34. The van der Waals surface area contributed by atoms with E-state index in [-0.39, 0.29) is 30.0 Å². The van der Waals surface area contributed by atoms with Crippen molar-refractivity contribution >= 4 is 58.8 Å². The fourth-order valence-electron chi connectivity index (χ4n) is 3.82. The second kappa shape index (κ2) is 11.2. The number of ether oxygens (including phenoxy) is 1. The Kier molecular flexibility index (Phi) is 9.33. The Balaban J connectivity index is 0.00000300. The lowest BCUT2D eigenvalue weighted by Gasteiger charge is -2.39. The molecule has 29 heavy (non-hydrogen) atoms. The van der Waals surface area contributed by atoms with Crippen LogP contribution in [-0.4, -0.2) is 38.1 Å². The van der Waals surface area contributed by atoms with E-state index in [1.54, 1.807) is 19.2 Å². The van der Waals surface area contributed by atoms with Gasteiger partial charge in [-0.2, -0.15) is 0 Å². The van der Waals surface area contributed by atoms with Crippen molar-refractivity contribution in [3.63, 3.8) is 0 Å². The molecule has 1 aliphatic heterocycles. The SMILES string of the molecule is COc1ccc(NC(N)=NCC2CCCN(C)C2c2cccc(Cl)c2)cc1Cl.I. The summed E-state index contributed by atoms with van der Waals surface area (Å²) >= 11 is 12.4. The lowest BCUT2D eigenvalue weighted by molar-refractivity contribution is 0.125. The van der Waals surface area contributed by atoms with Crippen molar-refractivity contribution in [2.45, 2.75) is 18.9 Å². The number of guanidine groups is 1. The minimum Gasteiger partial charge on any atom is -0.495 e. The van der Waals surface area contributed by atoms with Gasteiger partial charge in [-0.3, -0.25) is 9.89 Å². The lowest BCUT2D eigenvalue weighted by atomic mass is 9.85. The zero-order valence-corrected chi connectivity index (χ0v) is 20.4. The molecule has 5 nitrogen and oxygen atoms in total. The summed E-state index contributed by atoms with van der Waals surface area (Å²) < 4.78 is 5.17. The van der Waals surface area contributed by atoms with Gasteiger partial charge in [0.1, 0.15) is 5.75 Å². The number of anilines is 1. The third-order valence-corrected chi connectivity index (χ3v) is 5.65. The number of piperidine rings is 1. The van der Waals surface area contributed by atoms with Crippen molar-refractivity contribution in [2.75, 3.05) is 32.6 Å². The average molecular weight is 549 g/mol. The van der Waals surface area contributed by atoms with Crippen molar-refractivity contribution in [1.82, 2.24) is 4.90 Å². The molecular formula is C21H27Cl2IN4O. The molecule has 0 bridgehead atoms. The molecule has 2 unspecified atom stereocenters. The Labute approximate surface area is 199 Å². The standard InChI is InChI=1S/C21H26Cl2N4O.HI/c1-27-10-4-6-15(20(27)14-5-3-7-16(22)11-14)13-25-21(24)26-17-8-9-19(28-2)18(23)12-17;/h3,5,7-9,11-12,15,20H,4,6,10,13H2,1-2H3,(H3,24,25,26);1H. The molecule has 3 rings (SSSR count). The fraction of sp³-hybridized carbons (Fsp3) is 0.381. The number of hydrogen-bond donors (Lipinski definition) is 2. The molecule has 3 N–H and O–H groups in total. The van der Waals surface area contributed by atoms with Gasteiger partial charge in [0.25, 0.3) is 0 Å². The number of halogens is 3. The van der Waals surface area contributed by atoms with E-state index in [0.29, 0.717) is 29.2 Å². The maximum Gasteiger partial charge on any atom is 0.193 e. The first-order valence-corrected chi connectivity index (χ1v) is 10.1. The Morgan fingerprint density at radius 2 is 2.07 bits per heavy atom. The van der Waals surface area contributed by atoms with Gasteiger partial charge in [0.05, 0.1) is 12.1 Å². The maximum atomic E-state index is 6.22. The topological polar surface area (TPSA) is 62.9 Å². The van der Waals surface area contributed by atoms with Crippen LogP contribution in [0.4, 0.5) is 5.69 Å². The van der Waals surface area contributed by atoms with Gasteiger partial charge in [-0.1, -0.05) is 35.3 Å². The van der Waals surface area contributed by atoms with Gasteiger partial charge in [-0.05, 0) is 68.2 Å². The summed E-state index contributed by atoms with van der Waals surface area (Å²) in [6, 6.07) is 13.8. The van der Waals surface area contributed by atoms with Gasteiger partial charge in [-0.15, -0.1) is 24.0 Å². The predicted octanol–water partition coefficient (Wildman–Crippen LogP) is 5.43. The number of rotatable bonds is 5. The van der Waals surface area contributed by atoms with Crippen LogP contribution < -0.4 is 15.8 Å². The summed E-state index contributed by atoms with van der Waals surface area (Å²) in [4.78, 5) is 6.97. The zero-order valence-electron chi connectivity index (χ0n) is 16.6. The summed E-state index contributed by atoms with van der Waals surface area (Å²) in [6.07, 6.45) is 2.25. The molecule has 0 saturated carbocycles. The minimum atomic E-state index is 0. The van der Waals surface area contributed by atoms with Crippen LogP contribution in [0.2, 0.25) is 10.0 Å². The van der Waals surface area contributed by atoms with E-state index in [4.69, 9.17) is 33.7 Å². The molecule has 1 aliphatic rings. The fourth-order valence-corrected chi connectivity index (χ4v) is 4.27. The number of methoxy groups -OCH3 is 1. The predicted molar refractivity (Wildman–Crippen MR) is 133 cm³/mol. The Morgan fingerprint density at radius 1 is 1.28 bits per heavy atom. The van der Waals surface area contributed by atoms with Crippen LogP contribution in [0.1, 0.15) is 24.4 Å². The van der Waals surface area contributed by atoms with Crippen molar-refractivity contribution < 1.29 is 4.74 Å². The van der Waals surface area contributed by atoms with Crippen molar-refractivity contribution in [3.8, 4) is 5.75 Å². The molecule has 0 radical (unpaired) electrons. The number of nitrogens with two attached hydrogens (primary N) is 1. The number of likely N-dealkylation sites (tertiary alicyclic amines) is 1. The molecule has 8 heteroatoms. The highest BCUT2D eigenvalue weighted by Crippen LogP contribution is 2.36. The van der Waals surface area contributed by atoms with Crippen LogP contribution in [-0.2, 0) is 0 Å². The number of hydrogen-bond acceptors (Lipinski definition) is 3. The van der Waals surface area contributed by atoms with Crippen LogP contribution in [0, 0.1) is 5.92 Å². The summed E-state index contributed by atoms with van der Waals surface area (Å²) in [7, 11) is 3.74. The highest BCUT2D eigenvalue weighted by molar-refractivity contribution is 14.0. The number of nitrogens with zero attached hydrogens (tertiary/aromatic N) is 2. The molecule has 0 aromatic heterocycles. The Morgan fingerprint density at radius 3 is 2.76 bits per heavy atom. The first-order chi connectivity index (χ1) is 13.5. The van der Waals surface area contributed by atoms with E-state index in [9.17, 15) is 0 Å². The molecule has 1 saturated heterocycles. The number of aliphatic imine (C=N–C) groups is 1. The van der Waals surface area contributed by atoms with Gasteiger partial charge in [-0.25, -0.2) is 0 Å². The quantitative estimate of drug-likeness (QED) is 0.297. The maximum absolute atomic E-state index is 6.22. The second-order valence-corrected chi connectivity index (χ2v) is 7.93. The average Bonchev–Trinajstić information content (AvgIpc) is 2.66. The van der Waals surface area contributed by atoms with Gasteiger partial charge in [0.15, 0.2) is 5.96 Å². The van der Waals surface area contributed by atoms with E-state index in [1.165, 1.54) is 5.56 Å². The summed E-state index contributed by atoms with van der Waals surface area (Å²) in [5.74, 6) is 1.37. The Hall–Kier alpha value is -1.22. The molecule has 2 atom stereocenters. The summed E-state index contributed by atoms with van der Waals surface area (Å²) in [5.41, 5.74) is 8.12. The van der Waals surface area contributed by atoms with Crippen molar-refractivity contribution in [2.24, 2.45) is 16.6 Å². The van der Waals surface area contributed by atoms with Crippen LogP contribution in [0.25, 0.3) is 0 Å². The highest BCUT2D eigenvalue weighted by atomic mass is 127. The molecule has 0 amide bonds. The smallest absolute Gasteiger partial charge is 0.193 e. The van der Waals surface area contributed by atoms with Crippen LogP contribution in [0.3, 0.4) is 0 Å². The van der Waals surface area contributed by atoms with Crippen molar-refractivity contribution in [3.05, 3.63) is 58.1 Å². The van der Waals surface area contributed by atoms with Gasteiger partial charge >= 0.3 is 0 Å². The van der Waals surface area contributed by atoms with Crippen LogP contribution >= 0.6 is 47.2 Å². The highest BCUT2D eigenvalue weighted by Gasteiger charge is 2.30. The number of nitrogens with one attached hydrogen (secondary N) is 1. The van der Waals surface area contributed by atoms with Gasteiger partial charge < -0.3 is 15.8 Å². The molecule has 1 heterocycles. The number of benzene rings is 2. The molecule has 0 aliphatic carbocycles. The van der Waals surface area contributed by atoms with E-state index >= 15 is 0 Å². The molecule has 2 aromatic rings. The summed E-state index contributed by atoms with van der Waals surface area (Å²) in [6.45, 7) is 1.71. The van der Waals surface area contributed by atoms with Crippen molar-refractivity contribution in [1.29, 1.82) is 0 Å². The normalized spacial score (nSPS) is 20.1. The van der Waals surface area contributed by atoms with Gasteiger partial charge in [0, 0.05) is 23.3 Å². The molecule has 0 spiro atoms. The summed E-state index contributed by atoms with van der Waals surface area (Å²) in [5, 5.41) is 4.39. The van der Waals surface area contributed by atoms with E-state index in [1.807, 2.05) is 24.3 Å². The van der Waals surface area contributed by atoms with E-state index < -0.39 is 0 Å². The lowest BCUT2D eigenvalue weighted by Crippen LogP contribution is -2.38. The van der Waals surface area contributed by atoms with Crippen LogP contribution in [0.5, 0.6) is 5.75 Å². The minimum absolute atomic E-state index is 0. The largest absolute Gasteiger partial charge is 0.495 e. The van der Waals surface area contributed by atoms with Gasteiger partial charge in [0.2, 0.25) is 0 Å². The molecule has 2 aromatic carbocycles.